The molecule has 0 radical (unpaired) electrons. The number of aromatic nitrogens is 2. The third-order valence-corrected chi connectivity index (χ3v) is 3.93. The van der Waals surface area contributed by atoms with Gasteiger partial charge in [0.05, 0.1) is 23.6 Å². The van der Waals surface area contributed by atoms with Gasteiger partial charge >= 0.3 is 0 Å². The number of benzene rings is 1. The summed E-state index contributed by atoms with van der Waals surface area (Å²) in [6.45, 7) is 1.74. The first-order chi connectivity index (χ1) is 10.3. The number of nitrogens with zero attached hydrogens (tertiary/aromatic N) is 1. The maximum atomic E-state index is 12.3. The maximum Gasteiger partial charge on any atom is 0.255 e. The van der Waals surface area contributed by atoms with Crippen LogP contribution < -0.4 is 15.2 Å². The topological polar surface area (TPSA) is 127 Å². The molecule has 2 aromatic rings. The summed E-state index contributed by atoms with van der Waals surface area (Å²) in [6, 6.07) is 3.45. The van der Waals surface area contributed by atoms with E-state index in [9.17, 15) is 13.2 Å². The van der Waals surface area contributed by atoms with Gasteiger partial charge in [0.25, 0.3) is 5.91 Å². The highest BCUT2D eigenvalue weighted by molar-refractivity contribution is 7.89. The van der Waals surface area contributed by atoms with Gasteiger partial charge in [0.2, 0.25) is 10.0 Å². The first kappa shape index (κ1) is 16.0. The van der Waals surface area contributed by atoms with Crippen LogP contribution in [0.2, 0.25) is 0 Å². The zero-order valence-electron chi connectivity index (χ0n) is 12.0. The highest BCUT2D eigenvalue weighted by Gasteiger charge is 2.19. The van der Waals surface area contributed by atoms with Crippen molar-refractivity contribution < 1.29 is 17.9 Å². The number of H-pyrrole nitrogens is 1. The number of hydrogen-bond acceptors (Lipinski definition) is 5. The fraction of sp³-hybridized carbons (Fsp3) is 0.231. The Balaban J connectivity index is 2.31. The highest BCUT2D eigenvalue weighted by atomic mass is 32.2. The van der Waals surface area contributed by atoms with Crippen molar-refractivity contribution in [3.8, 4) is 5.75 Å². The largest absolute Gasteiger partial charge is 0.496 e. The van der Waals surface area contributed by atoms with E-state index < -0.39 is 15.9 Å². The quantitative estimate of drug-likeness (QED) is 0.740. The first-order valence-electron chi connectivity index (χ1n) is 6.34. The molecule has 0 saturated carbocycles. The maximum absolute atomic E-state index is 12.3. The van der Waals surface area contributed by atoms with E-state index in [-0.39, 0.29) is 22.3 Å². The van der Waals surface area contributed by atoms with Crippen molar-refractivity contribution in [1.29, 1.82) is 0 Å². The second-order valence-corrected chi connectivity index (χ2v) is 6.14. The van der Waals surface area contributed by atoms with Gasteiger partial charge in [-0.05, 0) is 25.1 Å². The number of aromatic amines is 1. The molecule has 0 aliphatic heterocycles. The van der Waals surface area contributed by atoms with Crippen LogP contribution in [-0.4, -0.2) is 31.4 Å². The second kappa shape index (κ2) is 6.16. The van der Waals surface area contributed by atoms with Crippen LogP contribution in [0.25, 0.3) is 0 Å². The molecule has 0 aliphatic rings. The number of carbonyl (C=O) groups is 1. The monoisotopic (exact) mass is 324 g/mol. The van der Waals surface area contributed by atoms with Crippen LogP contribution in [0, 0.1) is 0 Å². The Morgan fingerprint density at radius 3 is 2.73 bits per heavy atom. The number of hydrogen-bond donors (Lipinski definition) is 3. The van der Waals surface area contributed by atoms with Crippen LogP contribution in [0.5, 0.6) is 5.75 Å². The molecular weight excluding hydrogens is 308 g/mol. The van der Waals surface area contributed by atoms with Gasteiger partial charge in [-0.1, -0.05) is 0 Å². The third-order valence-electron chi connectivity index (χ3n) is 3.02. The molecule has 2 rings (SSSR count). The summed E-state index contributed by atoms with van der Waals surface area (Å²) >= 11 is 0. The summed E-state index contributed by atoms with van der Waals surface area (Å²) in [5, 5.41) is 7.78. The van der Waals surface area contributed by atoms with Crippen LogP contribution in [0.4, 0.5) is 0 Å². The normalized spacial score (nSPS) is 12.7. The molecule has 4 N–H and O–H groups in total. The van der Waals surface area contributed by atoms with E-state index >= 15 is 0 Å². The number of amides is 1. The first-order valence-corrected chi connectivity index (χ1v) is 7.88. The highest BCUT2D eigenvalue weighted by Crippen LogP contribution is 2.22. The summed E-state index contributed by atoms with van der Waals surface area (Å²) in [4.78, 5) is 19.1. The van der Waals surface area contributed by atoms with Crippen LogP contribution in [0.1, 0.15) is 29.1 Å². The second-order valence-electron chi connectivity index (χ2n) is 4.58. The molecule has 118 valence electrons. The summed E-state index contributed by atoms with van der Waals surface area (Å²) in [7, 11) is -2.52. The number of methoxy groups -OCH3 is 1. The van der Waals surface area contributed by atoms with Gasteiger partial charge in [-0.25, -0.2) is 18.5 Å². The van der Waals surface area contributed by atoms with Gasteiger partial charge in [-0.2, -0.15) is 0 Å². The Morgan fingerprint density at radius 2 is 2.18 bits per heavy atom. The van der Waals surface area contributed by atoms with Crippen molar-refractivity contribution in [1.82, 2.24) is 15.3 Å². The van der Waals surface area contributed by atoms with Gasteiger partial charge in [0.15, 0.2) is 0 Å². The van der Waals surface area contributed by atoms with E-state index in [4.69, 9.17) is 9.88 Å². The summed E-state index contributed by atoms with van der Waals surface area (Å²) in [6.07, 6.45) is 3.21. The number of imidazole rings is 1. The van der Waals surface area contributed by atoms with Crippen molar-refractivity contribution >= 4 is 15.9 Å². The predicted octanol–water partition coefficient (Wildman–Crippen LogP) is 0.557. The molecule has 8 nitrogen and oxygen atoms in total. The molecule has 1 aromatic heterocycles. The van der Waals surface area contributed by atoms with E-state index in [1.54, 1.807) is 19.3 Å². The molecular formula is C13H16N4O4S. The smallest absolute Gasteiger partial charge is 0.255 e. The fourth-order valence-corrected chi connectivity index (χ4v) is 2.44. The molecule has 0 unspecified atom stereocenters. The summed E-state index contributed by atoms with van der Waals surface area (Å²) < 4.78 is 27.9. The van der Waals surface area contributed by atoms with Crippen LogP contribution >= 0.6 is 0 Å². The van der Waals surface area contributed by atoms with Gasteiger partial charge in [0.1, 0.15) is 11.6 Å². The zero-order chi connectivity index (χ0) is 16.3. The molecule has 1 atom stereocenters. The molecule has 0 spiro atoms. The molecule has 1 heterocycles. The van der Waals surface area contributed by atoms with Gasteiger partial charge in [-0.3, -0.25) is 4.79 Å². The lowest BCUT2D eigenvalue weighted by Gasteiger charge is -2.14. The lowest BCUT2D eigenvalue weighted by molar-refractivity contribution is 0.0935. The number of rotatable bonds is 5. The minimum absolute atomic E-state index is 0.0763. The molecule has 1 aromatic carbocycles. The number of carbonyl (C=O) groups excluding carboxylic acids is 1. The molecule has 22 heavy (non-hydrogen) atoms. The number of ether oxygens (including phenoxy) is 1. The Morgan fingerprint density at radius 1 is 1.45 bits per heavy atom. The lowest BCUT2D eigenvalue weighted by Crippen LogP contribution is -2.28. The third kappa shape index (κ3) is 3.43. The zero-order valence-corrected chi connectivity index (χ0v) is 12.8. The average molecular weight is 324 g/mol. The van der Waals surface area contributed by atoms with Crippen molar-refractivity contribution in [2.45, 2.75) is 17.9 Å². The van der Waals surface area contributed by atoms with Gasteiger partial charge in [0, 0.05) is 12.4 Å². The summed E-state index contributed by atoms with van der Waals surface area (Å²) in [5.41, 5.74) is 0.0763. The molecule has 1 amide bonds. The van der Waals surface area contributed by atoms with Crippen molar-refractivity contribution in [2.75, 3.05) is 7.11 Å². The van der Waals surface area contributed by atoms with E-state index in [1.165, 1.54) is 25.3 Å². The van der Waals surface area contributed by atoms with E-state index in [0.29, 0.717) is 5.82 Å². The number of nitrogens with two attached hydrogens (primary N) is 1. The fourth-order valence-electron chi connectivity index (χ4n) is 1.90. The number of sulfonamides is 1. The van der Waals surface area contributed by atoms with Crippen molar-refractivity contribution in [3.63, 3.8) is 0 Å². The Labute approximate surface area is 127 Å². The number of primary sulfonamides is 1. The minimum atomic E-state index is -3.91. The number of nitrogens with one attached hydrogen (secondary N) is 2. The standard InChI is InChI=1S/C13H16N4O4S/c1-8(12-15-5-6-16-12)17-13(18)10-7-9(22(14,19)20)3-4-11(10)21-2/h3-8H,1-2H3,(H,15,16)(H,17,18)(H2,14,19,20)/t8-/m1/s1. The lowest BCUT2D eigenvalue weighted by atomic mass is 10.1. The average Bonchev–Trinajstić information content (AvgIpc) is 2.99. The van der Waals surface area contributed by atoms with E-state index in [1.807, 2.05) is 0 Å². The molecule has 0 fully saturated rings. The van der Waals surface area contributed by atoms with Crippen LogP contribution in [0.15, 0.2) is 35.5 Å². The van der Waals surface area contributed by atoms with Crippen LogP contribution in [0.3, 0.4) is 0 Å². The van der Waals surface area contributed by atoms with Crippen molar-refractivity contribution in [2.24, 2.45) is 5.14 Å². The van der Waals surface area contributed by atoms with Crippen molar-refractivity contribution in [3.05, 3.63) is 42.0 Å². The van der Waals surface area contributed by atoms with E-state index in [0.717, 1.165) is 0 Å². The molecule has 0 bridgehead atoms. The van der Waals surface area contributed by atoms with Gasteiger partial charge < -0.3 is 15.0 Å². The Bertz CT molecular complexity index is 771. The van der Waals surface area contributed by atoms with Crippen LogP contribution in [-0.2, 0) is 10.0 Å². The summed E-state index contributed by atoms with van der Waals surface area (Å²) in [5.74, 6) is 0.331. The van der Waals surface area contributed by atoms with Gasteiger partial charge in [-0.15, -0.1) is 0 Å². The Kier molecular flexibility index (Phi) is 4.48. The molecule has 0 aliphatic carbocycles. The molecule has 9 heteroatoms. The Hall–Kier alpha value is -2.39. The van der Waals surface area contributed by atoms with E-state index in [2.05, 4.69) is 15.3 Å². The SMILES string of the molecule is COc1ccc(S(N)(=O)=O)cc1C(=O)N[C@H](C)c1ncc[nH]1. The minimum Gasteiger partial charge on any atom is -0.496 e. The predicted molar refractivity (Wildman–Crippen MR) is 78.8 cm³/mol. The molecule has 0 saturated heterocycles.